The largest absolute Gasteiger partial charge is 0.508 e. The van der Waals surface area contributed by atoms with Crippen LogP contribution in [0.5, 0.6) is 11.5 Å². The van der Waals surface area contributed by atoms with Crippen LogP contribution in [0.3, 0.4) is 0 Å². The van der Waals surface area contributed by atoms with Crippen molar-refractivity contribution in [2.45, 2.75) is 105 Å². The van der Waals surface area contributed by atoms with E-state index in [1.807, 2.05) is 34.6 Å². The summed E-state index contributed by atoms with van der Waals surface area (Å²) in [6.45, 7) is 12.7. The lowest BCUT2D eigenvalue weighted by atomic mass is 9.86. The first-order valence-electron chi connectivity index (χ1n) is 13.1. The molecule has 214 valence electrons. The normalized spacial score (nSPS) is 14.4. The number of ether oxygens (including phenoxy) is 4. The van der Waals surface area contributed by atoms with Crippen LogP contribution in [0.2, 0.25) is 0 Å². The lowest BCUT2D eigenvalue weighted by Gasteiger charge is -2.28. The van der Waals surface area contributed by atoms with Crippen molar-refractivity contribution in [3.8, 4) is 11.5 Å². The maximum Gasteiger partial charge on any atom is 0.508 e. The topological polar surface area (TPSA) is 151 Å². The van der Waals surface area contributed by atoms with Crippen molar-refractivity contribution < 1.29 is 43.2 Å². The average molecular weight is 538 g/mol. The van der Waals surface area contributed by atoms with Crippen molar-refractivity contribution in [3.63, 3.8) is 0 Å². The summed E-state index contributed by atoms with van der Waals surface area (Å²) in [5.41, 5.74) is 4.88. The second-order valence-corrected chi connectivity index (χ2v) is 10.7. The SMILES string of the molecule is CCCC(C)OC(=O)O[C@@H](C)CC(N)(Cc1ccc(OC(=O)CC(C)C)c(OC(=O)CC(C)C)c1)C(=O)O. The Bertz CT molecular complexity index is 960. The van der Waals surface area contributed by atoms with Crippen LogP contribution in [0.15, 0.2) is 18.2 Å². The maximum atomic E-state index is 12.4. The third-order valence-corrected chi connectivity index (χ3v) is 5.49. The number of carbonyl (C=O) groups is 4. The Labute approximate surface area is 225 Å². The Kier molecular flexibility index (Phi) is 13.3. The quantitative estimate of drug-likeness (QED) is 0.230. The number of carboxylic acid groups (broad SMARTS) is 1. The fourth-order valence-electron chi connectivity index (χ4n) is 3.80. The van der Waals surface area contributed by atoms with Gasteiger partial charge >= 0.3 is 24.1 Å². The standard InChI is InChI=1S/C28H43NO9/c1-8-9-19(6)35-27(34)36-20(7)15-28(29,26(32)33)16-21-10-11-22(37-24(30)12-17(2)3)23(14-21)38-25(31)13-18(4)5/h10-11,14,17-20H,8-9,12-13,15-16,29H2,1-7H3,(H,32,33)/t19?,20-,28?/m0/s1. The summed E-state index contributed by atoms with van der Waals surface area (Å²) >= 11 is 0. The van der Waals surface area contributed by atoms with Crippen LogP contribution >= 0.6 is 0 Å². The zero-order valence-corrected chi connectivity index (χ0v) is 23.6. The molecule has 0 heterocycles. The molecule has 0 fully saturated rings. The van der Waals surface area contributed by atoms with Gasteiger partial charge in [0.25, 0.3) is 0 Å². The predicted molar refractivity (Wildman–Crippen MR) is 141 cm³/mol. The van der Waals surface area contributed by atoms with Crippen LogP contribution in [-0.4, -0.2) is 46.9 Å². The van der Waals surface area contributed by atoms with E-state index in [2.05, 4.69) is 0 Å². The Hall–Kier alpha value is -3.14. The minimum atomic E-state index is -1.82. The van der Waals surface area contributed by atoms with E-state index in [0.29, 0.717) is 12.0 Å². The Morgan fingerprint density at radius 3 is 1.89 bits per heavy atom. The Morgan fingerprint density at radius 1 is 0.868 bits per heavy atom. The van der Waals surface area contributed by atoms with E-state index >= 15 is 0 Å². The van der Waals surface area contributed by atoms with Crippen molar-refractivity contribution >= 4 is 24.1 Å². The average Bonchev–Trinajstić information content (AvgIpc) is 2.73. The number of rotatable bonds is 15. The molecule has 0 spiro atoms. The minimum absolute atomic E-state index is 0.00390. The number of aliphatic carboxylic acids is 1. The highest BCUT2D eigenvalue weighted by atomic mass is 16.7. The van der Waals surface area contributed by atoms with Crippen molar-refractivity contribution in [1.29, 1.82) is 0 Å². The van der Waals surface area contributed by atoms with Crippen molar-refractivity contribution in [3.05, 3.63) is 23.8 Å². The van der Waals surface area contributed by atoms with E-state index in [1.54, 1.807) is 13.0 Å². The van der Waals surface area contributed by atoms with Gasteiger partial charge in [-0.1, -0.05) is 47.1 Å². The van der Waals surface area contributed by atoms with Crippen LogP contribution in [-0.2, 0) is 30.3 Å². The first-order valence-corrected chi connectivity index (χ1v) is 13.1. The molecule has 0 aliphatic rings. The summed E-state index contributed by atoms with van der Waals surface area (Å²) in [5.74, 6) is -2.15. The van der Waals surface area contributed by atoms with Crippen molar-refractivity contribution in [2.75, 3.05) is 0 Å². The number of carboxylic acids is 1. The summed E-state index contributed by atoms with van der Waals surface area (Å²) in [4.78, 5) is 48.8. The number of esters is 2. The molecule has 0 bridgehead atoms. The van der Waals surface area contributed by atoms with Gasteiger partial charge < -0.3 is 29.8 Å². The smallest absolute Gasteiger partial charge is 0.480 e. The molecule has 0 aliphatic heterocycles. The molecule has 0 aliphatic carbocycles. The first kappa shape index (κ1) is 32.9. The first-order chi connectivity index (χ1) is 17.6. The monoisotopic (exact) mass is 537 g/mol. The highest BCUT2D eigenvalue weighted by molar-refractivity contribution is 5.79. The zero-order chi connectivity index (χ0) is 29.0. The summed E-state index contributed by atoms with van der Waals surface area (Å²) < 4.78 is 21.3. The van der Waals surface area contributed by atoms with Gasteiger partial charge in [0.2, 0.25) is 0 Å². The highest BCUT2D eigenvalue weighted by Gasteiger charge is 2.37. The molecular formula is C28H43NO9. The molecule has 3 N–H and O–H groups in total. The summed E-state index contributed by atoms with van der Waals surface area (Å²) in [7, 11) is 0. The van der Waals surface area contributed by atoms with Crippen molar-refractivity contribution in [1.82, 2.24) is 0 Å². The van der Waals surface area contributed by atoms with Crippen LogP contribution in [0, 0.1) is 11.8 Å². The molecule has 2 unspecified atom stereocenters. The van der Waals surface area contributed by atoms with Gasteiger partial charge in [-0.05, 0) is 49.8 Å². The molecule has 38 heavy (non-hydrogen) atoms. The predicted octanol–water partition coefficient (Wildman–Crippen LogP) is 5.03. The molecule has 0 saturated heterocycles. The van der Waals surface area contributed by atoms with E-state index in [4.69, 9.17) is 24.7 Å². The zero-order valence-electron chi connectivity index (χ0n) is 23.6. The third-order valence-electron chi connectivity index (χ3n) is 5.49. The second kappa shape index (κ2) is 15.3. The summed E-state index contributed by atoms with van der Waals surface area (Å²) in [5, 5.41) is 9.91. The molecular weight excluding hydrogens is 494 g/mol. The lowest BCUT2D eigenvalue weighted by molar-refractivity contribution is -0.145. The van der Waals surface area contributed by atoms with Gasteiger partial charge in [-0.25, -0.2) is 4.79 Å². The highest BCUT2D eigenvalue weighted by Crippen LogP contribution is 2.32. The molecule has 1 aromatic rings. The number of hydrogen-bond acceptors (Lipinski definition) is 9. The van der Waals surface area contributed by atoms with Crippen LogP contribution in [0.1, 0.15) is 86.1 Å². The van der Waals surface area contributed by atoms with Crippen molar-refractivity contribution in [2.24, 2.45) is 17.6 Å². The minimum Gasteiger partial charge on any atom is -0.480 e. The van der Waals surface area contributed by atoms with Crippen LogP contribution < -0.4 is 15.2 Å². The van der Waals surface area contributed by atoms with Gasteiger partial charge in [0, 0.05) is 25.7 Å². The maximum absolute atomic E-state index is 12.4. The van der Waals surface area contributed by atoms with Gasteiger partial charge in [-0.15, -0.1) is 0 Å². The number of nitrogens with two attached hydrogens (primary N) is 1. The van der Waals surface area contributed by atoms with Gasteiger partial charge in [0.1, 0.15) is 17.7 Å². The fourth-order valence-corrected chi connectivity index (χ4v) is 3.80. The molecule has 10 heteroatoms. The number of hydrogen-bond donors (Lipinski definition) is 2. The Balaban J connectivity index is 3.12. The van der Waals surface area contributed by atoms with E-state index in [0.717, 1.165) is 6.42 Å². The van der Waals surface area contributed by atoms with E-state index in [1.165, 1.54) is 19.1 Å². The molecule has 0 saturated carbocycles. The van der Waals surface area contributed by atoms with E-state index < -0.39 is 35.7 Å². The van der Waals surface area contributed by atoms with Gasteiger partial charge in [0.15, 0.2) is 11.5 Å². The van der Waals surface area contributed by atoms with Gasteiger partial charge in [-0.3, -0.25) is 14.4 Å². The summed E-state index contributed by atoms with van der Waals surface area (Å²) in [6, 6.07) is 4.43. The molecule has 10 nitrogen and oxygen atoms in total. The van der Waals surface area contributed by atoms with Crippen LogP contribution in [0.25, 0.3) is 0 Å². The van der Waals surface area contributed by atoms with E-state index in [9.17, 15) is 24.3 Å². The Morgan fingerprint density at radius 2 is 1.39 bits per heavy atom. The van der Waals surface area contributed by atoms with Crippen LogP contribution in [0.4, 0.5) is 4.79 Å². The third kappa shape index (κ3) is 11.9. The molecule has 3 atom stereocenters. The lowest BCUT2D eigenvalue weighted by Crippen LogP contribution is -2.52. The molecule has 1 rings (SSSR count). The molecule has 0 amide bonds. The summed E-state index contributed by atoms with van der Waals surface area (Å²) in [6.07, 6.45) is -0.627. The number of carbonyl (C=O) groups excluding carboxylic acids is 3. The molecule has 0 aromatic heterocycles. The number of benzene rings is 1. The fraction of sp³-hybridized carbons (Fsp3) is 0.643. The molecule has 0 radical (unpaired) electrons. The second-order valence-electron chi connectivity index (χ2n) is 10.7. The molecule has 1 aromatic carbocycles. The van der Waals surface area contributed by atoms with Gasteiger partial charge in [0.05, 0.1) is 0 Å². The van der Waals surface area contributed by atoms with Gasteiger partial charge in [-0.2, -0.15) is 0 Å². The van der Waals surface area contributed by atoms with E-state index in [-0.39, 0.29) is 55.1 Å².